The molecule has 1 aromatic heterocycles. The van der Waals surface area contributed by atoms with Gasteiger partial charge in [-0.1, -0.05) is 55.5 Å². The lowest BCUT2D eigenvalue weighted by Crippen LogP contribution is -2.55. The summed E-state index contributed by atoms with van der Waals surface area (Å²) < 4.78 is 5.94. The van der Waals surface area contributed by atoms with Crippen LogP contribution >= 0.6 is 0 Å². The number of piperidine rings is 1. The summed E-state index contributed by atoms with van der Waals surface area (Å²) >= 11 is 0. The number of anilines is 1. The third kappa shape index (κ3) is 4.00. The Labute approximate surface area is 177 Å². The van der Waals surface area contributed by atoms with Gasteiger partial charge in [0.2, 0.25) is 17.7 Å². The molecule has 0 saturated carbocycles. The lowest BCUT2D eigenvalue weighted by Gasteiger charge is -2.46. The number of likely N-dealkylation sites (tertiary alicyclic amines) is 1. The van der Waals surface area contributed by atoms with Crippen molar-refractivity contribution in [3.8, 4) is 0 Å². The molecule has 0 aliphatic carbocycles. The molecule has 6 heteroatoms. The molecular formula is C24H28N4O2. The Bertz CT molecular complexity index is 963. The fourth-order valence-electron chi connectivity index (χ4n) is 4.31. The van der Waals surface area contributed by atoms with Crippen molar-refractivity contribution in [2.75, 3.05) is 18.0 Å². The molecule has 1 amide bonds. The van der Waals surface area contributed by atoms with E-state index in [9.17, 15) is 4.79 Å². The summed E-state index contributed by atoms with van der Waals surface area (Å²) in [6.45, 7) is 6.28. The molecular weight excluding hydrogens is 376 g/mol. The number of carbonyl (C=O) groups excluding carboxylic acids is 1. The van der Waals surface area contributed by atoms with Crippen LogP contribution in [0.3, 0.4) is 0 Å². The van der Waals surface area contributed by atoms with E-state index in [-0.39, 0.29) is 5.91 Å². The Morgan fingerprint density at radius 1 is 1.03 bits per heavy atom. The average Bonchev–Trinajstić information content (AvgIpc) is 3.23. The van der Waals surface area contributed by atoms with Crippen molar-refractivity contribution in [2.45, 2.75) is 45.2 Å². The number of para-hydroxylation sites is 1. The Hall–Kier alpha value is -2.99. The van der Waals surface area contributed by atoms with Crippen LogP contribution in [0, 0.1) is 6.92 Å². The molecule has 1 saturated heterocycles. The lowest BCUT2D eigenvalue weighted by atomic mass is 9.84. The fourth-order valence-corrected chi connectivity index (χ4v) is 4.31. The number of aromatic nitrogens is 2. The largest absolute Gasteiger partial charge is 0.423 e. The number of amides is 1. The van der Waals surface area contributed by atoms with Crippen molar-refractivity contribution in [3.05, 3.63) is 78.0 Å². The summed E-state index contributed by atoms with van der Waals surface area (Å²) in [5.74, 6) is 1.12. The molecule has 2 heterocycles. The van der Waals surface area contributed by atoms with Gasteiger partial charge in [-0.3, -0.25) is 14.6 Å². The van der Waals surface area contributed by atoms with Crippen molar-refractivity contribution >= 4 is 11.6 Å². The van der Waals surface area contributed by atoms with Gasteiger partial charge in [-0.2, -0.15) is 0 Å². The summed E-state index contributed by atoms with van der Waals surface area (Å²) in [5.41, 5.74) is 1.53. The highest BCUT2D eigenvalue weighted by molar-refractivity contribution is 5.94. The topological polar surface area (TPSA) is 62.5 Å². The fraction of sp³-hybridized carbons (Fsp3) is 0.375. The Morgan fingerprint density at radius 3 is 2.23 bits per heavy atom. The molecule has 0 radical (unpaired) electrons. The van der Waals surface area contributed by atoms with E-state index >= 15 is 0 Å². The van der Waals surface area contributed by atoms with E-state index in [2.05, 4.69) is 39.4 Å². The molecule has 2 aromatic carbocycles. The lowest BCUT2D eigenvalue weighted by molar-refractivity contribution is -0.120. The predicted octanol–water partition coefficient (Wildman–Crippen LogP) is 4.31. The van der Waals surface area contributed by atoms with Gasteiger partial charge in [0.25, 0.3) is 0 Å². The van der Waals surface area contributed by atoms with Crippen molar-refractivity contribution < 1.29 is 9.21 Å². The number of nitrogens with zero attached hydrogens (tertiary/aromatic N) is 4. The maximum Gasteiger partial charge on any atom is 0.242 e. The Morgan fingerprint density at radius 2 is 1.67 bits per heavy atom. The summed E-state index contributed by atoms with van der Waals surface area (Å²) in [4.78, 5) is 17.5. The summed E-state index contributed by atoms with van der Waals surface area (Å²) in [7, 11) is 0. The summed E-state index contributed by atoms with van der Waals surface area (Å²) in [5, 5.41) is 8.47. The van der Waals surface area contributed by atoms with Crippen LogP contribution in [-0.4, -0.2) is 34.1 Å². The van der Waals surface area contributed by atoms with Gasteiger partial charge in [0, 0.05) is 38.7 Å². The van der Waals surface area contributed by atoms with E-state index in [1.165, 1.54) is 5.56 Å². The van der Waals surface area contributed by atoms with Gasteiger partial charge in [0.05, 0.1) is 0 Å². The Balaban J connectivity index is 1.67. The maximum atomic E-state index is 13.2. The molecule has 3 aromatic rings. The van der Waals surface area contributed by atoms with E-state index in [1.54, 1.807) is 6.92 Å². The molecule has 156 valence electrons. The maximum absolute atomic E-state index is 13.2. The van der Waals surface area contributed by atoms with Gasteiger partial charge in [0.1, 0.15) is 5.54 Å². The minimum absolute atomic E-state index is 0.0635. The predicted molar refractivity (Wildman–Crippen MR) is 116 cm³/mol. The van der Waals surface area contributed by atoms with Gasteiger partial charge in [-0.05, 0) is 30.5 Å². The average molecular weight is 405 g/mol. The molecule has 4 rings (SSSR count). The third-order valence-corrected chi connectivity index (χ3v) is 5.85. The van der Waals surface area contributed by atoms with E-state index in [4.69, 9.17) is 4.42 Å². The molecule has 0 bridgehead atoms. The summed E-state index contributed by atoms with van der Waals surface area (Å²) in [6.07, 6.45) is 1.89. The zero-order chi connectivity index (χ0) is 21.0. The zero-order valence-corrected chi connectivity index (χ0v) is 17.6. The van der Waals surface area contributed by atoms with Crippen LogP contribution in [0.15, 0.2) is 65.1 Å². The standard InChI is InChI=1S/C24H28N4O2/c1-3-22(29)28(21-12-8-5-9-13-21)24(23-26-25-19(2)30-23)14-16-27(17-15-24)18-20-10-6-4-7-11-20/h4-13H,3,14-18H2,1-2H3. The van der Waals surface area contributed by atoms with Gasteiger partial charge < -0.3 is 4.42 Å². The van der Waals surface area contributed by atoms with Gasteiger partial charge >= 0.3 is 0 Å². The van der Waals surface area contributed by atoms with Crippen LogP contribution in [0.1, 0.15) is 43.5 Å². The minimum atomic E-state index is -0.636. The molecule has 1 aliphatic heterocycles. The van der Waals surface area contributed by atoms with Gasteiger partial charge in [-0.15, -0.1) is 10.2 Å². The molecule has 0 unspecified atom stereocenters. The van der Waals surface area contributed by atoms with E-state index in [1.807, 2.05) is 48.2 Å². The molecule has 1 fully saturated rings. The quantitative estimate of drug-likeness (QED) is 0.613. The summed E-state index contributed by atoms with van der Waals surface area (Å²) in [6, 6.07) is 20.3. The second-order valence-electron chi connectivity index (χ2n) is 7.84. The van der Waals surface area contributed by atoms with E-state index in [0.29, 0.717) is 18.2 Å². The zero-order valence-electron chi connectivity index (χ0n) is 17.6. The number of hydrogen-bond donors (Lipinski definition) is 0. The van der Waals surface area contributed by atoms with Crippen molar-refractivity contribution in [2.24, 2.45) is 0 Å². The van der Waals surface area contributed by atoms with E-state index < -0.39 is 5.54 Å². The van der Waals surface area contributed by atoms with Crippen molar-refractivity contribution in [1.82, 2.24) is 15.1 Å². The van der Waals surface area contributed by atoms with Gasteiger partial charge in [0.15, 0.2) is 0 Å². The van der Waals surface area contributed by atoms with Gasteiger partial charge in [-0.25, -0.2) is 0 Å². The number of rotatable bonds is 6. The molecule has 0 N–H and O–H groups in total. The molecule has 30 heavy (non-hydrogen) atoms. The number of carbonyl (C=O) groups is 1. The Kier molecular flexibility index (Phi) is 5.95. The molecule has 1 aliphatic rings. The number of benzene rings is 2. The first-order valence-electron chi connectivity index (χ1n) is 10.6. The van der Waals surface area contributed by atoms with Crippen molar-refractivity contribution in [1.29, 1.82) is 0 Å². The third-order valence-electron chi connectivity index (χ3n) is 5.85. The van der Waals surface area contributed by atoms with Crippen LogP contribution in [0.2, 0.25) is 0 Å². The molecule has 0 spiro atoms. The van der Waals surface area contributed by atoms with E-state index in [0.717, 1.165) is 38.2 Å². The first-order chi connectivity index (χ1) is 14.6. The highest BCUT2D eigenvalue weighted by Crippen LogP contribution is 2.41. The first kappa shape index (κ1) is 20.3. The SMILES string of the molecule is CCC(=O)N(c1ccccc1)C1(c2nnc(C)o2)CCN(Cc2ccccc2)CC1. The van der Waals surface area contributed by atoms with Crippen molar-refractivity contribution in [3.63, 3.8) is 0 Å². The number of hydrogen-bond acceptors (Lipinski definition) is 5. The van der Waals surface area contributed by atoms with Crippen LogP contribution in [0.25, 0.3) is 0 Å². The highest BCUT2D eigenvalue weighted by Gasteiger charge is 2.48. The smallest absolute Gasteiger partial charge is 0.242 e. The van der Waals surface area contributed by atoms with Crippen LogP contribution < -0.4 is 4.90 Å². The normalized spacial score (nSPS) is 16.3. The van der Waals surface area contributed by atoms with Crippen LogP contribution in [-0.2, 0) is 16.9 Å². The van der Waals surface area contributed by atoms with Crippen LogP contribution in [0.4, 0.5) is 5.69 Å². The first-order valence-corrected chi connectivity index (χ1v) is 10.6. The highest BCUT2D eigenvalue weighted by atomic mass is 16.4. The minimum Gasteiger partial charge on any atom is -0.423 e. The number of aryl methyl sites for hydroxylation is 1. The monoisotopic (exact) mass is 404 g/mol. The molecule has 0 atom stereocenters. The van der Waals surface area contributed by atoms with Crippen LogP contribution in [0.5, 0.6) is 0 Å². The molecule has 6 nitrogen and oxygen atoms in total. The second kappa shape index (κ2) is 8.79. The second-order valence-corrected chi connectivity index (χ2v) is 7.84.